The first-order valence-corrected chi connectivity index (χ1v) is 15.8. The van der Waals surface area contributed by atoms with Crippen molar-refractivity contribution in [2.45, 2.75) is 0 Å². The van der Waals surface area contributed by atoms with Gasteiger partial charge in [-0.3, -0.25) is 0 Å². The summed E-state index contributed by atoms with van der Waals surface area (Å²) in [5, 5.41) is 9.71. The van der Waals surface area contributed by atoms with Crippen LogP contribution in [-0.2, 0) is 0 Å². The molecule has 10 rings (SSSR count). The van der Waals surface area contributed by atoms with Gasteiger partial charge in [0.25, 0.3) is 0 Å². The van der Waals surface area contributed by atoms with Crippen LogP contribution in [0.1, 0.15) is 0 Å². The van der Waals surface area contributed by atoms with Crippen molar-refractivity contribution >= 4 is 54.3 Å². The predicted molar refractivity (Wildman–Crippen MR) is 193 cm³/mol. The van der Waals surface area contributed by atoms with E-state index >= 15 is 0 Å². The van der Waals surface area contributed by atoms with Gasteiger partial charge < -0.3 is 4.42 Å². The maximum absolute atomic E-state index is 6.56. The number of aromatic nitrogens is 3. The Labute approximate surface area is 270 Å². The van der Waals surface area contributed by atoms with Gasteiger partial charge in [0.05, 0.1) is 0 Å². The van der Waals surface area contributed by atoms with E-state index in [0.29, 0.717) is 17.5 Å². The van der Waals surface area contributed by atoms with Crippen LogP contribution in [0.5, 0.6) is 0 Å². The molecular formula is C43H25N3O. The fourth-order valence-electron chi connectivity index (χ4n) is 7.01. The van der Waals surface area contributed by atoms with Crippen LogP contribution in [0.4, 0.5) is 0 Å². The smallest absolute Gasteiger partial charge is 0.164 e. The van der Waals surface area contributed by atoms with Crippen molar-refractivity contribution in [2.75, 3.05) is 0 Å². The molecular weight excluding hydrogens is 574 g/mol. The van der Waals surface area contributed by atoms with Gasteiger partial charge in [-0.15, -0.1) is 0 Å². The maximum Gasteiger partial charge on any atom is 0.164 e. The molecule has 4 nitrogen and oxygen atoms in total. The summed E-state index contributed by atoms with van der Waals surface area (Å²) in [6.07, 6.45) is 0. The molecule has 0 atom stereocenters. The van der Waals surface area contributed by atoms with Crippen LogP contribution in [-0.4, -0.2) is 15.0 Å². The minimum atomic E-state index is 0.632. The summed E-state index contributed by atoms with van der Waals surface area (Å²) in [4.78, 5) is 14.8. The van der Waals surface area contributed by atoms with Crippen LogP contribution in [0.3, 0.4) is 0 Å². The van der Waals surface area contributed by atoms with Gasteiger partial charge in [0, 0.05) is 27.5 Å². The number of fused-ring (bicyclic) bond motifs is 4. The number of furan rings is 1. The van der Waals surface area contributed by atoms with Crippen molar-refractivity contribution in [3.8, 4) is 45.3 Å². The van der Waals surface area contributed by atoms with E-state index in [9.17, 15) is 0 Å². The van der Waals surface area contributed by atoms with Crippen LogP contribution >= 0.6 is 0 Å². The first kappa shape index (κ1) is 25.9. The molecule has 0 unspecified atom stereocenters. The monoisotopic (exact) mass is 599 g/mol. The average molecular weight is 600 g/mol. The summed E-state index contributed by atoms with van der Waals surface area (Å²) in [7, 11) is 0. The molecule has 0 saturated heterocycles. The molecule has 0 amide bonds. The molecule has 0 saturated carbocycles. The lowest BCUT2D eigenvalue weighted by Crippen LogP contribution is -2.00. The molecule has 0 bridgehead atoms. The van der Waals surface area contributed by atoms with E-state index in [2.05, 4.69) is 91.0 Å². The first-order chi connectivity index (χ1) is 23.3. The maximum atomic E-state index is 6.56. The molecule has 47 heavy (non-hydrogen) atoms. The van der Waals surface area contributed by atoms with Gasteiger partial charge in [-0.1, -0.05) is 115 Å². The van der Waals surface area contributed by atoms with Gasteiger partial charge in [-0.25, -0.2) is 15.0 Å². The Morgan fingerprint density at radius 1 is 0.319 bits per heavy atom. The van der Waals surface area contributed by atoms with E-state index in [1.54, 1.807) is 0 Å². The first-order valence-electron chi connectivity index (χ1n) is 15.8. The third-order valence-electron chi connectivity index (χ3n) is 9.22. The summed E-state index contributed by atoms with van der Waals surface area (Å²) in [5.74, 6) is 1.92. The van der Waals surface area contributed by atoms with Gasteiger partial charge in [0.2, 0.25) is 0 Å². The van der Waals surface area contributed by atoms with Gasteiger partial charge >= 0.3 is 0 Å². The van der Waals surface area contributed by atoms with Crippen molar-refractivity contribution in [1.29, 1.82) is 0 Å². The van der Waals surface area contributed by atoms with E-state index in [4.69, 9.17) is 19.4 Å². The van der Waals surface area contributed by atoms with Crippen LogP contribution in [0.25, 0.3) is 99.5 Å². The summed E-state index contributed by atoms with van der Waals surface area (Å²) in [5.41, 5.74) is 6.77. The van der Waals surface area contributed by atoms with E-state index in [1.807, 2.05) is 60.7 Å². The Bertz CT molecular complexity index is 2730. The Morgan fingerprint density at radius 2 is 0.851 bits per heavy atom. The van der Waals surface area contributed by atoms with E-state index in [0.717, 1.165) is 39.0 Å². The third kappa shape index (κ3) is 4.12. The molecule has 2 heterocycles. The Morgan fingerprint density at radius 3 is 1.53 bits per heavy atom. The SMILES string of the molecule is c1ccc(-c2nc(-c3ccccc3)nc(-c3cccc(-c4cc5oc6cccc7c8cc9ccccc9cc8c(c4)c5c67)c3)n2)cc1. The zero-order valence-electron chi connectivity index (χ0n) is 25.2. The topological polar surface area (TPSA) is 51.8 Å². The predicted octanol–water partition coefficient (Wildman–Crippen LogP) is 11.3. The zero-order chi connectivity index (χ0) is 30.9. The van der Waals surface area contributed by atoms with Crippen LogP contribution in [0, 0.1) is 0 Å². The lowest BCUT2D eigenvalue weighted by Gasteiger charge is -2.12. The molecule has 0 fully saturated rings. The van der Waals surface area contributed by atoms with Crippen LogP contribution < -0.4 is 0 Å². The molecule has 218 valence electrons. The number of benzene rings is 8. The van der Waals surface area contributed by atoms with Gasteiger partial charge in [-0.05, 0) is 79.8 Å². The molecule has 8 aromatic carbocycles. The fourth-order valence-corrected chi connectivity index (χ4v) is 7.01. The van der Waals surface area contributed by atoms with Gasteiger partial charge in [0.1, 0.15) is 11.2 Å². The summed E-state index contributed by atoms with van der Waals surface area (Å²) in [6.45, 7) is 0. The fraction of sp³-hybridized carbons (Fsp3) is 0. The highest BCUT2D eigenvalue weighted by Crippen LogP contribution is 2.45. The van der Waals surface area contributed by atoms with E-state index in [1.165, 1.54) is 43.1 Å². The largest absolute Gasteiger partial charge is 0.456 e. The second kappa shape index (κ2) is 10.1. The lowest BCUT2D eigenvalue weighted by molar-refractivity contribution is 0.669. The Hall–Kier alpha value is -6.39. The number of hydrogen-bond acceptors (Lipinski definition) is 4. The third-order valence-corrected chi connectivity index (χ3v) is 9.22. The van der Waals surface area contributed by atoms with Crippen molar-refractivity contribution in [3.63, 3.8) is 0 Å². The lowest BCUT2D eigenvalue weighted by atomic mass is 9.90. The quantitative estimate of drug-likeness (QED) is 0.149. The van der Waals surface area contributed by atoms with E-state index < -0.39 is 0 Å². The number of nitrogens with zero attached hydrogens (tertiary/aromatic N) is 3. The molecule has 0 N–H and O–H groups in total. The highest BCUT2D eigenvalue weighted by Gasteiger charge is 2.19. The summed E-state index contributed by atoms with van der Waals surface area (Å²) in [6, 6.07) is 52.7. The number of rotatable bonds is 4. The molecule has 10 aromatic rings. The summed E-state index contributed by atoms with van der Waals surface area (Å²) < 4.78 is 6.56. The zero-order valence-corrected chi connectivity index (χ0v) is 25.2. The standard InChI is InChI=1S/C43H25N3O/c1-3-11-26(12-4-1)41-44-42(27-13-5-2-6-14-27)46-43(45-41)31-18-9-17-28(21-31)32-24-36-35-23-30-16-8-7-15-29(30)22-34(35)33-19-10-20-37-39(33)40(36)38(25-32)47-37/h1-25H. The average Bonchev–Trinajstić information content (AvgIpc) is 3.53. The second-order valence-corrected chi connectivity index (χ2v) is 12.0. The molecule has 0 radical (unpaired) electrons. The Kier molecular flexibility index (Phi) is 5.54. The highest BCUT2D eigenvalue weighted by atomic mass is 16.3. The highest BCUT2D eigenvalue weighted by molar-refractivity contribution is 6.34. The molecule has 0 aliphatic rings. The normalized spacial score (nSPS) is 11.8. The summed E-state index contributed by atoms with van der Waals surface area (Å²) >= 11 is 0. The molecule has 2 aromatic heterocycles. The Balaban J connectivity index is 1.19. The van der Waals surface area contributed by atoms with Gasteiger partial charge in [-0.2, -0.15) is 0 Å². The van der Waals surface area contributed by atoms with Crippen molar-refractivity contribution in [2.24, 2.45) is 0 Å². The second-order valence-electron chi connectivity index (χ2n) is 12.0. The molecule has 0 spiro atoms. The molecule has 0 aliphatic carbocycles. The van der Waals surface area contributed by atoms with Crippen molar-refractivity contribution < 1.29 is 4.42 Å². The number of hydrogen-bond donors (Lipinski definition) is 0. The van der Waals surface area contributed by atoms with Crippen LogP contribution in [0.2, 0.25) is 0 Å². The van der Waals surface area contributed by atoms with Crippen molar-refractivity contribution in [3.05, 3.63) is 152 Å². The molecule has 0 aliphatic heterocycles. The van der Waals surface area contributed by atoms with Crippen molar-refractivity contribution in [1.82, 2.24) is 15.0 Å². The minimum absolute atomic E-state index is 0.632. The molecule has 4 heteroatoms. The van der Waals surface area contributed by atoms with Gasteiger partial charge in [0.15, 0.2) is 17.5 Å². The minimum Gasteiger partial charge on any atom is -0.456 e. The van der Waals surface area contributed by atoms with Crippen LogP contribution in [0.15, 0.2) is 156 Å². The van der Waals surface area contributed by atoms with E-state index in [-0.39, 0.29) is 0 Å².